The molecule has 9 heteroatoms. The lowest BCUT2D eigenvalue weighted by molar-refractivity contribution is 0.00301. The summed E-state index contributed by atoms with van der Waals surface area (Å²) in [6.07, 6.45) is 0.640. The number of piperidine rings is 1. The van der Waals surface area contributed by atoms with E-state index in [4.69, 9.17) is 9.47 Å². The number of hydrogen-bond acceptors (Lipinski definition) is 5. The van der Waals surface area contributed by atoms with E-state index < -0.39 is 23.1 Å². The summed E-state index contributed by atoms with van der Waals surface area (Å²) in [7, 11) is 3.62. The molecule has 0 bridgehead atoms. The zero-order valence-electron chi connectivity index (χ0n) is 16.8. The molecule has 2 aliphatic heterocycles. The van der Waals surface area contributed by atoms with Crippen molar-refractivity contribution in [1.29, 1.82) is 0 Å². The summed E-state index contributed by atoms with van der Waals surface area (Å²) in [5.74, 6) is -2.06. The van der Waals surface area contributed by atoms with Crippen LogP contribution in [0.2, 0.25) is 0 Å². The largest absolute Gasteiger partial charge is 0.441 e. The Balaban J connectivity index is 1.53. The number of ether oxygens (including phenoxy) is 2. The van der Waals surface area contributed by atoms with E-state index in [-0.39, 0.29) is 11.7 Å². The first kappa shape index (κ1) is 21.4. The van der Waals surface area contributed by atoms with E-state index in [1.54, 1.807) is 12.0 Å². The van der Waals surface area contributed by atoms with Gasteiger partial charge in [-0.15, -0.1) is 0 Å². The molecule has 0 saturated carbocycles. The van der Waals surface area contributed by atoms with Crippen LogP contribution in [-0.4, -0.2) is 92.3 Å². The summed E-state index contributed by atoms with van der Waals surface area (Å²) in [5.41, 5.74) is -0.758. The fourth-order valence-electron chi connectivity index (χ4n) is 3.73. The van der Waals surface area contributed by atoms with Gasteiger partial charge in [-0.2, -0.15) is 0 Å². The second kappa shape index (κ2) is 9.04. The third-order valence-corrected chi connectivity index (χ3v) is 5.59. The van der Waals surface area contributed by atoms with Crippen LogP contribution in [0, 0.1) is 11.6 Å². The highest BCUT2D eigenvalue weighted by Gasteiger charge is 2.47. The number of likely N-dealkylation sites (tertiary alicyclic amines) is 1. The van der Waals surface area contributed by atoms with Crippen LogP contribution in [-0.2, 0) is 9.47 Å². The number of benzene rings is 1. The molecule has 1 aromatic carbocycles. The Kier molecular flexibility index (Phi) is 6.69. The summed E-state index contributed by atoms with van der Waals surface area (Å²) in [6.45, 7) is 3.87. The average Bonchev–Trinajstić information content (AvgIpc) is 2.99. The second-order valence-electron chi connectivity index (χ2n) is 7.68. The predicted molar refractivity (Wildman–Crippen MR) is 102 cm³/mol. The van der Waals surface area contributed by atoms with Crippen molar-refractivity contribution >= 4 is 12.0 Å². The van der Waals surface area contributed by atoms with Gasteiger partial charge in [-0.25, -0.2) is 13.6 Å². The third kappa shape index (κ3) is 5.02. The Bertz CT molecular complexity index is 753. The quantitative estimate of drug-likeness (QED) is 0.687. The van der Waals surface area contributed by atoms with Crippen molar-refractivity contribution in [2.45, 2.75) is 18.4 Å². The molecule has 1 aromatic rings. The maximum absolute atomic E-state index is 13.9. The molecule has 0 aliphatic carbocycles. The molecular weight excluding hydrogens is 384 g/mol. The van der Waals surface area contributed by atoms with E-state index >= 15 is 0 Å². The minimum absolute atomic E-state index is 0.147. The smallest absolute Gasteiger partial charge is 0.410 e. The molecule has 0 atom stereocenters. The summed E-state index contributed by atoms with van der Waals surface area (Å²) >= 11 is 0. The molecule has 3 rings (SSSR count). The Morgan fingerprint density at radius 1 is 1.28 bits per heavy atom. The van der Waals surface area contributed by atoms with Crippen LogP contribution >= 0.6 is 0 Å². The lowest BCUT2D eigenvalue weighted by atomic mass is 9.91. The molecule has 7 nitrogen and oxygen atoms in total. The highest BCUT2D eigenvalue weighted by molar-refractivity contribution is 5.94. The highest BCUT2D eigenvalue weighted by atomic mass is 19.1. The van der Waals surface area contributed by atoms with Crippen molar-refractivity contribution in [3.05, 3.63) is 35.4 Å². The van der Waals surface area contributed by atoms with Crippen LogP contribution in [0.25, 0.3) is 0 Å². The van der Waals surface area contributed by atoms with E-state index in [0.29, 0.717) is 58.2 Å². The van der Waals surface area contributed by atoms with Gasteiger partial charge >= 0.3 is 6.09 Å². The van der Waals surface area contributed by atoms with Gasteiger partial charge in [-0.3, -0.25) is 4.79 Å². The molecule has 2 fully saturated rings. The molecule has 1 spiro atoms. The lowest BCUT2D eigenvalue weighted by Crippen LogP contribution is -2.49. The van der Waals surface area contributed by atoms with Crippen LogP contribution in [0.4, 0.5) is 13.6 Å². The Labute approximate surface area is 169 Å². The third-order valence-electron chi connectivity index (χ3n) is 5.59. The van der Waals surface area contributed by atoms with E-state index in [0.717, 1.165) is 18.7 Å². The van der Waals surface area contributed by atoms with E-state index in [2.05, 4.69) is 4.90 Å². The number of amides is 2. The summed E-state index contributed by atoms with van der Waals surface area (Å²) < 4.78 is 37.7. The summed E-state index contributed by atoms with van der Waals surface area (Å²) in [4.78, 5) is 30.1. The van der Waals surface area contributed by atoms with Crippen molar-refractivity contribution < 1.29 is 27.8 Å². The van der Waals surface area contributed by atoms with Crippen LogP contribution in [0.15, 0.2) is 18.2 Å². The van der Waals surface area contributed by atoms with Crippen molar-refractivity contribution in [2.24, 2.45) is 0 Å². The fourth-order valence-corrected chi connectivity index (χ4v) is 3.73. The van der Waals surface area contributed by atoms with Crippen LogP contribution in [0.3, 0.4) is 0 Å². The molecule has 2 heterocycles. The zero-order valence-corrected chi connectivity index (χ0v) is 16.8. The van der Waals surface area contributed by atoms with Gasteiger partial charge in [0.1, 0.15) is 17.2 Å². The van der Waals surface area contributed by atoms with Gasteiger partial charge in [0.2, 0.25) is 0 Å². The number of nitrogens with zero attached hydrogens (tertiary/aromatic N) is 3. The van der Waals surface area contributed by atoms with Gasteiger partial charge in [0.05, 0.1) is 18.7 Å². The Morgan fingerprint density at radius 2 is 2.00 bits per heavy atom. The number of rotatable bonds is 7. The monoisotopic (exact) mass is 411 g/mol. The first-order valence-corrected chi connectivity index (χ1v) is 9.73. The van der Waals surface area contributed by atoms with Gasteiger partial charge < -0.3 is 24.2 Å². The van der Waals surface area contributed by atoms with Crippen molar-refractivity contribution in [1.82, 2.24) is 14.7 Å². The minimum atomic E-state index is -0.869. The molecule has 2 saturated heterocycles. The predicted octanol–water partition coefficient (Wildman–Crippen LogP) is 1.97. The SMILES string of the molecule is COCCN(C)CCN1CC2(CCN(C(=O)c3ccc(F)cc3F)CC2)OC1=O. The van der Waals surface area contributed by atoms with Crippen molar-refractivity contribution in [3.63, 3.8) is 0 Å². The molecule has 29 heavy (non-hydrogen) atoms. The first-order chi connectivity index (χ1) is 13.8. The fraction of sp³-hybridized carbons (Fsp3) is 0.600. The van der Waals surface area contributed by atoms with Gasteiger partial charge in [0.25, 0.3) is 5.91 Å². The van der Waals surface area contributed by atoms with E-state index in [1.807, 2.05) is 7.05 Å². The molecular formula is C20H27F2N3O4. The van der Waals surface area contributed by atoms with Gasteiger partial charge in [0, 0.05) is 58.7 Å². The Hall–Kier alpha value is -2.26. The summed E-state index contributed by atoms with van der Waals surface area (Å²) in [5, 5.41) is 0. The summed E-state index contributed by atoms with van der Waals surface area (Å²) in [6, 6.07) is 2.94. The zero-order chi connectivity index (χ0) is 21.0. The number of hydrogen-bond donors (Lipinski definition) is 0. The standard InChI is InChI=1S/C20H27F2N3O4/c1-23(11-12-28-2)9-10-25-14-20(29-19(25)27)5-7-24(8-6-20)18(26)16-4-3-15(21)13-17(16)22/h3-4,13H,5-12,14H2,1-2H3. The van der Waals surface area contributed by atoms with E-state index in [1.165, 1.54) is 4.90 Å². The van der Waals surface area contributed by atoms with Gasteiger partial charge in [-0.1, -0.05) is 0 Å². The minimum Gasteiger partial charge on any atom is -0.441 e. The molecule has 2 aliphatic rings. The number of carbonyl (C=O) groups excluding carboxylic acids is 2. The number of likely N-dealkylation sites (N-methyl/N-ethyl adjacent to an activating group) is 1. The molecule has 2 amide bonds. The molecule has 0 unspecified atom stereocenters. The number of carbonyl (C=O) groups is 2. The van der Waals surface area contributed by atoms with Crippen LogP contribution < -0.4 is 0 Å². The number of halogens is 2. The maximum atomic E-state index is 13.9. The number of methoxy groups -OCH3 is 1. The highest BCUT2D eigenvalue weighted by Crippen LogP contribution is 2.33. The van der Waals surface area contributed by atoms with Crippen LogP contribution in [0.5, 0.6) is 0 Å². The second-order valence-corrected chi connectivity index (χ2v) is 7.68. The first-order valence-electron chi connectivity index (χ1n) is 9.73. The van der Waals surface area contributed by atoms with Gasteiger partial charge in [0.15, 0.2) is 0 Å². The molecule has 0 N–H and O–H groups in total. The topological polar surface area (TPSA) is 62.3 Å². The molecule has 160 valence electrons. The Morgan fingerprint density at radius 3 is 2.66 bits per heavy atom. The lowest BCUT2D eigenvalue weighted by Gasteiger charge is -2.37. The molecule has 0 radical (unpaired) electrons. The average molecular weight is 411 g/mol. The van der Waals surface area contributed by atoms with Crippen LogP contribution in [0.1, 0.15) is 23.2 Å². The van der Waals surface area contributed by atoms with Crippen molar-refractivity contribution in [3.8, 4) is 0 Å². The maximum Gasteiger partial charge on any atom is 0.410 e. The van der Waals surface area contributed by atoms with Crippen molar-refractivity contribution in [2.75, 3.05) is 60.0 Å². The van der Waals surface area contributed by atoms with Gasteiger partial charge in [-0.05, 0) is 19.2 Å². The molecule has 0 aromatic heterocycles. The van der Waals surface area contributed by atoms with E-state index in [9.17, 15) is 18.4 Å². The normalized spacial score (nSPS) is 18.6.